The number of nitrogens with zero attached hydrogens (tertiary/aromatic N) is 3. The summed E-state index contributed by atoms with van der Waals surface area (Å²) in [6, 6.07) is 7.92. The molecule has 4 N–H and O–H groups in total. The summed E-state index contributed by atoms with van der Waals surface area (Å²) in [7, 11) is 0. The van der Waals surface area contributed by atoms with Crippen LogP contribution < -0.4 is 16.4 Å². The summed E-state index contributed by atoms with van der Waals surface area (Å²) in [5.41, 5.74) is 9.42. The minimum absolute atomic E-state index is 0.0223. The fourth-order valence-electron chi connectivity index (χ4n) is 3.11. The van der Waals surface area contributed by atoms with Crippen LogP contribution in [0.5, 0.6) is 0 Å². The summed E-state index contributed by atoms with van der Waals surface area (Å²) in [6.07, 6.45) is 5.83. The standard InChI is InChI=1S/C23H26N6O/c1-15(2)12-25-21-22-26-13-20(29(22)14-19(27-21)4-3-11-24)16-5-7-17(8-6-16)23(30)28-18-9-10-18/h5-8,13-15,18H,9-12,24H2,1-2H3,(H,25,27)(H,28,30). The number of imidazole rings is 1. The van der Waals surface area contributed by atoms with Gasteiger partial charge in [0.15, 0.2) is 11.5 Å². The molecule has 7 nitrogen and oxygen atoms in total. The predicted molar refractivity (Wildman–Crippen MR) is 118 cm³/mol. The molecule has 7 heteroatoms. The van der Waals surface area contributed by atoms with E-state index in [0.29, 0.717) is 29.0 Å². The zero-order valence-corrected chi connectivity index (χ0v) is 17.3. The smallest absolute Gasteiger partial charge is 0.251 e. The lowest BCUT2D eigenvalue weighted by molar-refractivity contribution is 0.0951. The van der Waals surface area contributed by atoms with Crippen molar-refractivity contribution in [3.63, 3.8) is 0 Å². The van der Waals surface area contributed by atoms with Gasteiger partial charge >= 0.3 is 0 Å². The van der Waals surface area contributed by atoms with Crippen LogP contribution in [0.3, 0.4) is 0 Å². The molecule has 3 aromatic rings. The molecule has 0 spiro atoms. The van der Waals surface area contributed by atoms with E-state index in [1.165, 1.54) is 0 Å². The first-order valence-electron chi connectivity index (χ1n) is 10.3. The van der Waals surface area contributed by atoms with E-state index in [4.69, 9.17) is 5.73 Å². The van der Waals surface area contributed by atoms with Crippen molar-refractivity contribution in [2.24, 2.45) is 11.7 Å². The van der Waals surface area contributed by atoms with Crippen molar-refractivity contribution in [1.29, 1.82) is 0 Å². The second kappa shape index (κ2) is 8.56. The molecule has 0 saturated heterocycles. The summed E-state index contributed by atoms with van der Waals surface area (Å²) >= 11 is 0. The van der Waals surface area contributed by atoms with Gasteiger partial charge in [0, 0.05) is 29.9 Å². The highest BCUT2D eigenvalue weighted by Crippen LogP contribution is 2.25. The van der Waals surface area contributed by atoms with Gasteiger partial charge in [-0.2, -0.15) is 0 Å². The van der Waals surface area contributed by atoms with E-state index in [2.05, 4.69) is 46.3 Å². The maximum Gasteiger partial charge on any atom is 0.251 e. The van der Waals surface area contributed by atoms with Gasteiger partial charge in [-0.1, -0.05) is 31.9 Å². The van der Waals surface area contributed by atoms with Crippen LogP contribution in [-0.4, -0.2) is 39.4 Å². The Morgan fingerprint density at radius 3 is 2.73 bits per heavy atom. The molecule has 0 radical (unpaired) electrons. The first-order chi connectivity index (χ1) is 14.5. The van der Waals surface area contributed by atoms with Crippen LogP contribution in [0.2, 0.25) is 0 Å². The monoisotopic (exact) mass is 402 g/mol. The highest BCUT2D eigenvalue weighted by atomic mass is 16.1. The highest BCUT2D eigenvalue weighted by molar-refractivity contribution is 5.95. The number of nitrogens with one attached hydrogen (secondary N) is 2. The maximum atomic E-state index is 12.3. The molecule has 2 heterocycles. The van der Waals surface area contributed by atoms with E-state index in [1.807, 2.05) is 41.1 Å². The Kier molecular flexibility index (Phi) is 5.68. The van der Waals surface area contributed by atoms with Gasteiger partial charge in [-0.25, -0.2) is 9.97 Å². The molecule has 1 amide bonds. The second-order valence-corrected chi connectivity index (χ2v) is 7.92. The van der Waals surface area contributed by atoms with Crippen LogP contribution in [0, 0.1) is 17.8 Å². The topological polar surface area (TPSA) is 97.3 Å². The summed E-state index contributed by atoms with van der Waals surface area (Å²) in [6.45, 7) is 5.33. The molecule has 0 unspecified atom stereocenters. The number of carbonyl (C=O) groups is 1. The summed E-state index contributed by atoms with van der Waals surface area (Å²) in [5.74, 6) is 7.01. The molecule has 1 fully saturated rings. The van der Waals surface area contributed by atoms with E-state index in [9.17, 15) is 4.79 Å². The Bertz CT molecular complexity index is 1120. The number of aromatic nitrogens is 3. The van der Waals surface area contributed by atoms with E-state index in [1.54, 1.807) is 0 Å². The molecular formula is C23H26N6O. The zero-order valence-electron chi connectivity index (χ0n) is 17.3. The van der Waals surface area contributed by atoms with Crippen LogP contribution in [0.4, 0.5) is 5.82 Å². The second-order valence-electron chi connectivity index (χ2n) is 7.92. The van der Waals surface area contributed by atoms with E-state index >= 15 is 0 Å². The number of benzene rings is 1. The molecular weight excluding hydrogens is 376 g/mol. The van der Waals surface area contributed by atoms with Crippen LogP contribution in [0.25, 0.3) is 16.9 Å². The lowest BCUT2D eigenvalue weighted by Gasteiger charge is -2.11. The third-order valence-electron chi connectivity index (χ3n) is 4.84. The Morgan fingerprint density at radius 1 is 1.30 bits per heavy atom. The number of anilines is 1. The molecule has 30 heavy (non-hydrogen) atoms. The SMILES string of the molecule is CC(C)CNc1nc(C#CCN)cn2c(-c3ccc(C(=O)NC4CC4)cc3)cnc12. The minimum Gasteiger partial charge on any atom is -0.367 e. The zero-order chi connectivity index (χ0) is 21.1. The Morgan fingerprint density at radius 2 is 2.07 bits per heavy atom. The third kappa shape index (κ3) is 4.44. The fourth-order valence-corrected chi connectivity index (χ4v) is 3.11. The Balaban J connectivity index is 1.69. The molecule has 1 aliphatic rings. The van der Waals surface area contributed by atoms with Crippen LogP contribution in [0.1, 0.15) is 42.7 Å². The van der Waals surface area contributed by atoms with Crippen LogP contribution in [0.15, 0.2) is 36.7 Å². The van der Waals surface area contributed by atoms with Gasteiger partial charge in [0.05, 0.1) is 18.4 Å². The quantitative estimate of drug-likeness (QED) is 0.551. The van der Waals surface area contributed by atoms with Crippen molar-refractivity contribution in [3.8, 4) is 23.1 Å². The van der Waals surface area contributed by atoms with Crippen LogP contribution >= 0.6 is 0 Å². The maximum absolute atomic E-state index is 12.3. The van der Waals surface area contributed by atoms with Gasteiger partial charge in [0.2, 0.25) is 0 Å². The molecule has 1 aliphatic carbocycles. The normalized spacial score (nSPS) is 13.2. The molecule has 1 aromatic carbocycles. The summed E-state index contributed by atoms with van der Waals surface area (Å²) < 4.78 is 1.98. The van der Waals surface area contributed by atoms with Gasteiger partial charge in [0.1, 0.15) is 5.69 Å². The summed E-state index contributed by atoms with van der Waals surface area (Å²) in [4.78, 5) is 21.4. The van der Waals surface area contributed by atoms with Gasteiger partial charge in [-0.05, 0) is 36.8 Å². The first-order valence-corrected chi connectivity index (χ1v) is 10.3. The van der Waals surface area contributed by atoms with Crippen LogP contribution in [-0.2, 0) is 0 Å². The number of hydrogen-bond donors (Lipinski definition) is 3. The Labute approximate surface area is 176 Å². The van der Waals surface area contributed by atoms with Crippen molar-refractivity contribution in [3.05, 3.63) is 47.9 Å². The number of carbonyl (C=O) groups excluding carboxylic acids is 1. The molecule has 0 bridgehead atoms. The number of nitrogens with two attached hydrogens (primary N) is 1. The third-order valence-corrected chi connectivity index (χ3v) is 4.84. The number of hydrogen-bond acceptors (Lipinski definition) is 5. The number of fused-ring (bicyclic) bond motifs is 1. The number of amides is 1. The molecule has 0 aliphatic heterocycles. The fraction of sp³-hybridized carbons (Fsp3) is 0.348. The molecule has 154 valence electrons. The van der Waals surface area contributed by atoms with Crippen molar-refractivity contribution in [2.75, 3.05) is 18.4 Å². The van der Waals surface area contributed by atoms with Crippen molar-refractivity contribution < 1.29 is 4.79 Å². The Hall–Kier alpha value is -3.37. The van der Waals surface area contributed by atoms with E-state index in [-0.39, 0.29) is 12.5 Å². The van der Waals surface area contributed by atoms with Gasteiger partial charge in [-0.15, -0.1) is 0 Å². The van der Waals surface area contributed by atoms with Crippen molar-refractivity contribution in [2.45, 2.75) is 32.7 Å². The molecule has 0 atom stereocenters. The highest BCUT2D eigenvalue weighted by Gasteiger charge is 2.23. The average Bonchev–Trinajstić information content (AvgIpc) is 3.46. The van der Waals surface area contributed by atoms with Crippen molar-refractivity contribution in [1.82, 2.24) is 19.7 Å². The largest absolute Gasteiger partial charge is 0.367 e. The lowest BCUT2D eigenvalue weighted by atomic mass is 10.1. The van der Waals surface area contributed by atoms with Gasteiger partial charge < -0.3 is 16.4 Å². The lowest BCUT2D eigenvalue weighted by Crippen LogP contribution is -2.25. The molecule has 1 saturated carbocycles. The number of rotatable bonds is 6. The van der Waals surface area contributed by atoms with E-state index < -0.39 is 0 Å². The minimum atomic E-state index is -0.0223. The van der Waals surface area contributed by atoms with Crippen molar-refractivity contribution >= 4 is 17.4 Å². The van der Waals surface area contributed by atoms with Gasteiger partial charge in [0.25, 0.3) is 5.91 Å². The first kappa shape index (κ1) is 19.9. The van der Waals surface area contributed by atoms with Gasteiger partial charge in [-0.3, -0.25) is 9.20 Å². The molecule has 2 aromatic heterocycles. The average molecular weight is 403 g/mol. The molecule has 4 rings (SSSR count). The van der Waals surface area contributed by atoms with E-state index in [0.717, 1.165) is 36.3 Å². The summed E-state index contributed by atoms with van der Waals surface area (Å²) in [5, 5.41) is 6.38. The predicted octanol–water partition coefficient (Wildman–Crippen LogP) is 2.67.